The highest BCUT2D eigenvalue weighted by atomic mass is 19.1. The molecule has 0 aliphatic carbocycles. The summed E-state index contributed by atoms with van der Waals surface area (Å²) in [5.41, 5.74) is 0.529. The SMILES string of the molecule is CN1CCN(C(=O)Nc2ccccc2Oc2ccc(F)cc2)CC1CO. The third-order valence-corrected chi connectivity index (χ3v) is 4.45. The molecule has 2 amide bonds. The molecule has 1 aliphatic rings. The van der Waals surface area contributed by atoms with Crippen LogP contribution in [0.25, 0.3) is 0 Å². The Labute approximate surface area is 151 Å². The Hall–Kier alpha value is -2.64. The van der Waals surface area contributed by atoms with E-state index in [-0.39, 0.29) is 24.5 Å². The third-order valence-electron chi connectivity index (χ3n) is 4.45. The van der Waals surface area contributed by atoms with Gasteiger partial charge >= 0.3 is 6.03 Å². The first-order valence-electron chi connectivity index (χ1n) is 8.46. The quantitative estimate of drug-likeness (QED) is 0.881. The summed E-state index contributed by atoms with van der Waals surface area (Å²) >= 11 is 0. The predicted octanol–water partition coefficient (Wildman–Crippen LogP) is 2.76. The van der Waals surface area contributed by atoms with Crippen LogP contribution in [0.1, 0.15) is 0 Å². The summed E-state index contributed by atoms with van der Waals surface area (Å²) in [7, 11) is 1.93. The van der Waals surface area contributed by atoms with Crippen LogP contribution in [0.5, 0.6) is 11.5 Å². The van der Waals surface area contributed by atoms with Crippen LogP contribution in [0.2, 0.25) is 0 Å². The van der Waals surface area contributed by atoms with E-state index in [0.717, 1.165) is 0 Å². The molecule has 6 nitrogen and oxygen atoms in total. The first-order valence-corrected chi connectivity index (χ1v) is 8.46. The van der Waals surface area contributed by atoms with Crippen molar-refractivity contribution in [2.45, 2.75) is 6.04 Å². The van der Waals surface area contributed by atoms with Crippen molar-refractivity contribution in [3.63, 3.8) is 0 Å². The number of rotatable bonds is 4. The standard InChI is InChI=1S/C19H22FN3O3/c1-22-10-11-23(12-15(22)13-24)19(25)21-17-4-2-3-5-18(17)26-16-8-6-14(20)7-9-16/h2-9,15,24H,10-13H2,1H3,(H,21,25). The number of benzene rings is 2. The summed E-state index contributed by atoms with van der Waals surface area (Å²) in [4.78, 5) is 16.3. The molecule has 1 fully saturated rings. The van der Waals surface area contributed by atoms with Gasteiger partial charge in [-0.05, 0) is 43.4 Å². The Morgan fingerprint density at radius 2 is 1.96 bits per heavy atom. The predicted molar refractivity (Wildman–Crippen MR) is 97.0 cm³/mol. The van der Waals surface area contributed by atoms with Crippen LogP contribution in [0.3, 0.4) is 0 Å². The van der Waals surface area contributed by atoms with Crippen LogP contribution in [0.4, 0.5) is 14.9 Å². The molecule has 3 rings (SSSR count). The van der Waals surface area contributed by atoms with Crippen molar-refractivity contribution in [1.29, 1.82) is 0 Å². The summed E-state index contributed by atoms with van der Waals surface area (Å²) < 4.78 is 18.8. The third kappa shape index (κ3) is 4.30. The number of nitrogens with zero attached hydrogens (tertiary/aromatic N) is 2. The van der Waals surface area contributed by atoms with E-state index in [1.54, 1.807) is 29.2 Å². The van der Waals surface area contributed by atoms with Crippen LogP contribution in [0, 0.1) is 5.82 Å². The van der Waals surface area contributed by atoms with Crippen molar-refractivity contribution >= 4 is 11.7 Å². The number of carbonyl (C=O) groups excluding carboxylic acids is 1. The molecule has 2 aromatic carbocycles. The minimum absolute atomic E-state index is 0.00451. The summed E-state index contributed by atoms with van der Waals surface area (Å²) in [5, 5.41) is 12.3. The molecule has 0 saturated carbocycles. The van der Waals surface area contributed by atoms with Crippen LogP contribution in [-0.2, 0) is 0 Å². The molecule has 138 valence electrons. The maximum absolute atomic E-state index is 13.0. The molecule has 1 saturated heterocycles. The van der Waals surface area contributed by atoms with Gasteiger partial charge < -0.3 is 20.1 Å². The van der Waals surface area contributed by atoms with Gasteiger partial charge in [-0.15, -0.1) is 0 Å². The van der Waals surface area contributed by atoms with Crippen molar-refractivity contribution in [3.05, 3.63) is 54.3 Å². The van der Waals surface area contributed by atoms with Crippen LogP contribution in [0.15, 0.2) is 48.5 Å². The molecule has 0 bridgehead atoms. The lowest BCUT2D eigenvalue weighted by molar-refractivity contribution is 0.0754. The zero-order valence-electron chi connectivity index (χ0n) is 14.6. The van der Waals surface area contributed by atoms with Gasteiger partial charge in [0.2, 0.25) is 0 Å². The number of ether oxygens (including phenoxy) is 1. The molecule has 0 spiro atoms. The Kier molecular flexibility index (Phi) is 5.70. The monoisotopic (exact) mass is 359 g/mol. The fraction of sp³-hybridized carbons (Fsp3) is 0.316. The molecule has 7 heteroatoms. The van der Waals surface area contributed by atoms with Gasteiger partial charge in [0.15, 0.2) is 5.75 Å². The van der Waals surface area contributed by atoms with E-state index in [1.807, 2.05) is 11.9 Å². The number of hydrogen-bond acceptors (Lipinski definition) is 4. The second-order valence-electron chi connectivity index (χ2n) is 6.25. The Morgan fingerprint density at radius 3 is 2.69 bits per heavy atom. The molecule has 2 N–H and O–H groups in total. The number of para-hydroxylation sites is 2. The number of hydrogen-bond donors (Lipinski definition) is 2. The van der Waals surface area contributed by atoms with Gasteiger partial charge in [-0.25, -0.2) is 9.18 Å². The molecule has 1 heterocycles. The Balaban J connectivity index is 1.69. The zero-order valence-corrected chi connectivity index (χ0v) is 14.6. The van der Waals surface area contributed by atoms with E-state index in [2.05, 4.69) is 5.32 Å². The van der Waals surface area contributed by atoms with E-state index in [0.29, 0.717) is 36.8 Å². The molecular formula is C19H22FN3O3. The number of piperazine rings is 1. The van der Waals surface area contributed by atoms with Crippen molar-refractivity contribution in [2.24, 2.45) is 0 Å². The summed E-state index contributed by atoms with van der Waals surface area (Å²) in [6.07, 6.45) is 0. The molecule has 1 aliphatic heterocycles. The fourth-order valence-corrected chi connectivity index (χ4v) is 2.81. The second kappa shape index (κ2) is 8.16. The molecular weight excluding hydrogens is 337 g/mol. The average molecular weight is 359 g/mol. The first-order chi connectivity index (χ1) is 12.6. The van der Waals surface area contributed by atoms with E-state index < -0.39 is 0 Å². The van der Waals surface area contributed by atoms with Gasteiger partial charge in [0.25, 0.3) is 0 Å². The van der Waals surface area contributed by atoms with Crippen molar-refractivity contribution in [1.82, 2.24) is 9.80 Å². The summed E-state index contributed by atoms with van der Waals surface area (Å²) in [6, 6.07) is 12.5. The van der Waals surface area contributed by atoms with Crippen LogP contribution < -0.4 is 10.1 Å². The lowest BCUT2D eigenvalue weighted by Gasteiger charge is -2.38. The van der Waals surface area contributed by atoms with Crippen molar-refractivity contribution < 1.29 is 19.0 Å². The van der Waals surface area contributed by atoms with Crippen molar-refractivity contribution in [2.75, 3.05) is 38.6 Å². The van der Waals surface area contributed by atoms with Gasteiger partial charge in [0, 0.05) is 19.6 Å². The number of aliphatic hydroxyl groups is 1. The van der Waals surface area contributed by atoms with Crippen molar-refractivity contribution in [3.8, 4) is 11.5 Å². The lowest BCUT2D eigenvalue weighted by Crippen LogP contribution is -2.55. The van der Waals surface area contributed by atoms with E-state index in [4.69, 9.17) is 4.74 Å². The van der Waals surface area contributed by atoms with E-state index in [9.17, 15) is 14.3 Å². The largest absolute Gasteiger partial charge is 0.455 e. The maximum atomic E-state index is 13.0. The Morgan fingerprint density at radius 1 is 1.23 bits per heavy atom. The van der Waals surface area contributed by atoms with E-state index in [1.165, 1.54) is 24.3 Å². The first kappa shape index (κ1) is 18.2. The summed E-state index contributed by atoms with van der Waals surface area (Å²) in [5.74, 6) is 0.612. The highest BCUT2D eigenvalue weighted by molar-refractivity contribution is 5.91. The maximum Gasteiger partial charge on any atom is 0.322 e. The number of likely N-dealkylation sites (N-methyl/N-ethyl adjacent to an activating group) is 1. The molecule has 26 heavy (non-hydrogen) atoms. The topological polar surface area (TPSA) is 65.0 Å². The minimum atomic E-state index is -0.340. The number of anilines is 1. The van der Waals surface area contributed by atoms with Gasteiger partial charge in [0.05, 0.1) is 18.3 Å². The smallest absolute Gasteiger partial charge is 0.322 e. The molecule has 1 unspecified atom stereocenters. The number of aliphatic hydroxyl groups excluding tert-OH is 1. The summed E-state index contributed by atoms with van der Waals surface area (Å²) in [6.45, 7) is 1.75. The molecule has 0 radical (unpaired) electrons. The normalized spacial score (nSPS) is 17.8. The van der Waals surface area contributed by atoms with E-state index >= 15 is 0 Å². The molecule has 0 aromatic heterocycles. The number of nitrogens with one attached hydrogen (secondary N) is 1. The molecule has 2 aromatic rings. The molecule has 1 atom stereocenters. The highest BCUT2D eigenvalue weighted by Crippen LogP contribution is 2.29. The second-order valence-corrected chi connectivity index (χ2v) is 6.25. The van der Waals surface area contributed by atoms with Gasteiger partial charge in [0.1, 0.15) is 11.6 Å². The Bertz CT molecular complexity index is 754. The number of carbonyl (C=O) groups is 1. The highest BCUT2D eigenvalue weighted by Gasteiger charge is 2.27. The minimum Gasteiger partial charge on any atom is -0.455 e. The van der Waals surface area contributed by atoms with Crippen LogP contribution >= 0.6 is 0 Å². The van der Waals surface area contributed by atoms with Gasteiger partial charge in [-0.1, -0.05) is 12.1 Å². The van der Waals surface area contributed by atoms with Gasteiger partial charge in [-0.3, -0.25) is 4.90 Å². The lowest BCUT2D eigenvalue weighted by atomic mass is 10.2. The fourth-order valence-electron chi connectivity index (χ4n) is 2.81. The zero-order chi connectivity index (χ0) is 18.5. The number of halogens is 1. The average Bonchev–Trinajstić information content (AvgIpc) is 2.65. The van der Waals surface area contributed by atoms with Gasteiger partial charge in [-0.2, -0.15) is 0 Å². The number of amides is 2. The van der Waals surface area contributed by atoms with Crippen LogP contribution in [-0.4, -0.2) is 60.3 Å². The number of urea groups is 1.